The van der Waals surface area contributed by atoms with Crippen molar-refractivity contribution in [3.8, 4) is 17.0 Å². The number of ether oxygens (including phenoxy) is 1. The van der Waals surface area contributed by atoms with E-state index in [0.29, 0.717) is 35.3 Å². The lowest BCUT2D eigenvalue weighted by Crippen LogP contribution is -2.54. The summed E-state index contributed by atoms with van der Waals surface area (Å²) in [5.74, 6) is 0.869. The van der Waals surface area contributed by atoms with E-state index < -0.39 is 29.7 Å². The van der Waals surface area contributed by atoms with Gasteiger partial charge in [-0.3, -0.25) is 29.4 Å². The number of carbonyl (C=O) groups is 4. The number of rotatable bonds is 8. The molecule has 3 atom stereocenters. The Morgan fingerprint density at radius 1 is 0.807 bits per heavy atom. The van der Waals surface area contributed by atoms with E-state index >= 15 is 0 Å². The number of guanidine groups is 1. The molecule has 1 aliphatic carbocycles. The van der Waals surface area contributed by atoms with E-state index in [1.165, 1.54) is 23.7 Å². The maximum Gasteiger partial charge on any atom is 0.262 e. The molecule has 2 N–H and O–H groups in total. The number of hydrogen-bond donors (Lipinski definition) is 2. The van der Waals surface area contributed by atoms with Gasteiger partial charge < -0.3 is 24.4 Å². The topological polar surface area (TPSA) is 157 Å². The second-order valence-corrected chi connectivity index (χ2v) is 15.7. The van der Waals surface area contributed by atoms with Gasteiger partial charge in [0.2, 0.25) is 23.7 Å². The van der Waals surface area contributed by atoms with Crippen LogP contribution >= 0.6 is 0 Å². The smallest absolute Gasteiger partial charge is 0.262 e. The van der Waals surface area contributed by atoms with Crippen LogP contribution in [0, 0.1) is 11.8 Å². The number of amides is 4. The Morgan fingerprint density at radius 2 is 1.58 bits per heavy atom. The number of nitrogens with one attached hydrogen (secondary N) is 2. The first kappa shape index (κ1) is 33.6. The molecule has 1 saturated carbocycles. The molecule has 0 radical (unpaired) electrons. The van der Waals surface area contributed by atoms with Crippen LogP contribution in [0.15, 0.2) is 84.2 Å². The highest BCUT2D eigenvalue weighted by Crippen LogP contribution is 2.43. The molecule has 11 rings (SSSR count). The molecule has 2 aromatic heterocycles. The highest BCUT2D eigenvalue weighted by molar-refractivity contribution is 6.24. The van der Waals surface area contributed by atoms with Gasteiger partial charge in [-0.2, -0.15) is 5.01 Å². The Bertz CT molecular complexity index is 2580. The average molecular weight is 763 g/mol. The zero-order valence-corrected chi connectivity index (χ0v) is 31.1. The van der Waals surface area contributed by atoms with Crippen LogP contribution in [0.2, 0.25) is 0 Å². The molecule has 5 aliphatic heterocycles. The van der Waals surface area contributed by atoms with Crippen LogP contribution in [0.25, 0.3) is 22.2 Å². The molecule has 0 spiro atoms. The molecular weight excluding hydrogens is 725 g/mol. The lowest BCUT2D eigenvalue weighted by Gasteiger charge is -2.27. The molecular formula is C42H38N10O5. The number of benzene rings is 3. The monoisotopic (exact) mass is 762 g/mol. The lowest BCUT2D eigenvalue weighted by atomic mass is 10.0. The van der Waals surface area contributed by atoms with Crippen molar-refractivity contribution in [3.63, 3.8) is 0 Å². The molecule has 4 amide bonds. The summed E-state index contributed by atoms with van der Waals surface area (Å²) in [6.07, 6.45) is 6.63. The SMILES string of the molecule is COc1cc(N2CC3CN(C4=NN4c4ccc5c(c4)C(=O)N(C4CCC(=O)NC4=O)C5=O)CC3C2)ccc1Nc1nccc(-c2cn(C3CC3)c3ccccc23)n1. The van der Waals surface area contributed by atoms with E-state index in [4.69, 9.17) is 9.72 Å². The van der Waals surface area contributed by atoms with Crippen molar-refractivity contribution >= 4 is 63.5 Å². The van der Waals surface area contributed by atoms with Gasteiger partial charge in [-0.1, -0.05) is 18.2 Å². The number of hydrazone groups is 1. The summed E-state index contributed by atoms with van der Waals surface area (Å²) < 4.78 is 8.25. The van der Waals surface area contributed by atoms with Crippen molar-refractivity contribution in [3.05, 3.63) is 90.3 Å². The molecule has 15 nitrogen and oxygen atoms in total. The van der Waals surface area contributed by atoms with E-state index in [2.05, 4.69) is 77.7 Å². The summed E-state index contributed by atoms with van der Waals surface area (Å²) in [4.78, 5) is 65.7. The lowest BCUT2D eigenvalue weighted by molar-refractivity contribution is -0.136. The zero-order valence-electron chi connectivity index (χ0n) is 31.1. The minimum Gasteiger partial charge on any atom is -0.494 e. The summed E-state index contributed by atoms with van der Waals surface area (Å²) in [5.41, 5.74) is 6.26. The number of hydrogen-bond acceptors (Lipinski definition) is 12. The molecule has 3 unspecified atom stereocenters. The summed E-state index contributed by atoms with van der Waals surface area (Å²) in [6, 6.07) is 21.3. The summed E-state index contributed by atoms with van der Waals surface area (Å²) in [6.45, 7) is 3.50. The van der Waals surface area contributed by atoms with Gasteiger partial charge in [0.05, 0.1) is 35.3 Å². The van der Waals surface area contributed by atoms with Gasteiger partial charge >= 0.3 is 0 Å². The van der Waals surface area contributed by atoms with Crippen LogP contribution in [0.4, 0.5) is 23.0 Å². The van der Waals surface area contributed by atoms with E-state index in [0.717, 1.165) is 59.7 Å². The molecule has 0 bridgehead atoms. The number of likely N-dealkylation sites (tertiary alicyclic amines) is 1. The Kier molecular flexibility index (Phi) is 7.43. The van der Waals surface area contributed by atoms with Gasteiger partial charge in [0.1, 0.15) is 11.8 Å². The summed E-state index contributed by atoms with van der Waals surface area (Å²) >= 11 is 0. The minimum atomic E-state index is -0.999. The number of methoxy groups -OCH3 is 1. The highest BCUT2D eigenvalue weighted by Gasteiger charge is 2.47. The van der Waals surface area contributed by atoms with Crippen LogP contribution in [0.3, 0.4) is 0 Å². The first-order chi connectivity index (χ1) is 27.8. The minimum absolute atomic E-state index is 0.0773. The van der Waals surface area contributed by atoms with E-state index in [1.807, 2.05) is 12.1 Å². The highest BCUT2D eigenvalue weighted by atomic mass is 16.5. The predicted octanol–water partition coefficient (Wildman–Crippen LogP) is 4.75. The summed E-state index contributed by atoms with van der Waals surface area (Å²) in [5, 5.41) is 13.3. The third kappa shape index (κ3) is 5.58. The molecule has 15 heteroatoms. The van der Waals surface area contributed by atoms with Crippen LogP contribution in [-0.4, -0.2) is 93.3 Å². The zero-order chi connectivity index (χ0) is 38.5. The third-order valence-corrected chi connectivity index (χ3v) is 12.2. The maximum atomic E-state index is 13.4. The van der Waals surface area contributed by atoms with Crippen LogP contribution < -0.4 is 25.3 Å². The Balaban J connectivity index is 0.734. The van der Waals surface area contributed by atoms with Crippen molar-refractivity contribution in [2.75, 3.05) is 48.5 Å². The number of para-hydroxylation sites is 1. The molecule has 5 aromatic rings. The molecule has 7 heterocycles. The van der Waals surface area contributed by atoms with E-state index in [1.54, 1.807) is 36.5 Å². The second-order valence-electron chi connectivity index (χ2n) is 15.7. The first-order valence-electron chi connectivity index (χ1n) is 19.4. The molecule has 4 fully saturated rings. The Morgan fingerprint density at radius 3 is 2.37 bits per heavy atom. The molecule has 3 saturated heterocycles. The van der Waals surface area contributed by atoms with Crippen LogP contribution in [-0.2, 0) is 9.59 Å². The van der Waals surface area contributed by atoms with Gasteiger partial charge in [0.15, 0.2) is 0 Å². The fraction of sp³-hybridized carbons (Fsp3) is 0.310. The van der Waals surface area contributed by atoms with Crippen molar-refractivity contribution in [2.45, 2.75) is 37.8 Å². The quantitative estimate of drug-likeness (QED) is 0.211. The number of piperidine rings is 1. The third-order valence-electron chi connectivity index (χ3n) is 12.2. The fourth-order valence-corrected chi connectivity index (χ4v) is 9.13. The largest absolute Gasteiger partial charge is 0.494 e. The number of fused-ring (bicyclic) bond motifs is 3. The van der Waals surface area contributed by atoms with Gasteiger partial charge in [0, 0.05) is 91.1 Å². The number of nitrogens with zero attached hydrogens (tertiary/aromatic N) is 8. The molecule has 57 heavy (non-hydrogen) atoms. The standard InChI is InChI=1S/C42H38N10O5/c1-57-36-17-26(9-11-33(36)45-41-43-15-14-32(44-41)31-22-50(25-6-7-25)34-5-3-2-4-28(31)34)48-18-23-20-49(21-24(23)19-48)42-47-52(42)27-8-10-29-30(16-27)40(56)51(39(29)55)35-12-13-37(53)46-38(35)54/h2-5,8-11,14-17,22-25,35H,6-7,12-13,18-21H2,1H3,(H,43,44,45)(H,46,53,54). The molecule has 3 aromatic carbocycles. The predicted molar refractivity (Wildman–Crippen MR) is 211 cm³/mol. The van der Waals surface area contributed by atoms with Crippen molar-refractivity contribution in [1.29, 1.82) is 0 Å². The van der Waals surface area contributed by atoms with Gasteiger partial charge in [-0.15, -0.1) is 5.10 Å². The number of anilines is 4. The molecule has 6 aliphatic rings. The second kappa shape index (κ2) is 12.6. The van der Waals surface area contributed by atoms with Gasteiger partial charge in [-0.25, -0.2) is 9.97 Å². The average Bonchev–Trinajstić information content (AvgIpc) is 4.09. The van der Waals surface area contributed by atoms with Crippen LogP contribution in [0.1, 0.15) is 52.4 Å². The first-order valence-corrected chi connectivity index (χ1v) is 19.4. The Labute approximate surface area is 326 Å². The number of imide groups is 2. The van der Waals surface area contributed by atoms with Crippen molar-refractivity contribution in [1.82, 2.24) is 29.7 Å². The van der Waals surface area contributed by atoms with Crippen molar-refractivity contribution < 1.29 is 23.9 Å². The number of aromatic nitrogens is 3. The van der Waals surface area contributed by atoms with Gasteiger partial charge in [-0.05, 0) is 61.7 Å². The maximum absolute atomic E-state index is 13.4. The molecule has 286 valence electrons. The summed E-state index contributed by atoms with van der Waals surface area (Å²) in [7, 11) is 1.68. The van der Waals surface area contributed by atoms with Crippen molar-refractivity contribution in [2.24, 2.45) is 16.9 Å². The fourth-order valence-electron chi connectivity index (χ4n) is 9.13. The van der Waals surface area contributed by atoms with Crippen LogP contribution in [0.5, 0.6) is 5.75 Å². The Hall–Kier alpha value is -6.77. The van der Waals surface area contributed by atoms with E-state index in [9.17, 15) is 19.2 Å². The van der Waals surface area contributed by atoms with Gasteiger partial charge in [0.25, 0.3) is 11.8 Å². The normalized spacial score (nSPS) is 22.6. The van der Waals surface area contributed by atoms with E-state index in [-0.39, 0.29) is 24.0 Å². The number of carbonyl (C=O) groups excluding carboxylic acids is 4.